The fourth-order valence-electron chi connectivity index (χ4n) is 4.15. The normalized spacial score (nSPS) is 11.0. The van der Waals surface area contributed by atoms with Gasteiger partial charge in [0.2, 0.25) is 11.8 Å². The predicted octanol–water partition coefficient (Wildman–Crippen LogP) is 6.45. The number of ether oxygens (including phenoxy) is 1. The molecule has 0 saturated heterocycles. The van der Waals surface area contributed by atoms with Crippen LogP contribution in [0, 0.1) is 6.92 Å². The summed E-state index contributed by atoms with van der Waals surface area (Å²) in [4.78, 5) is 11.6. The van der Waals surface area contributed by atoms with Crippen molar-refractivity contribution < 1.29 is 18.5 Å². The Morgan fingerprint density at radius 1 is 0.838 bits per heavy atom. The molecule has 0 spiro atoms. The number of nitrogens with zero attached hydrogens (tertiary/aromatic N) is 3. The number of aryl methyl sites for hydroxylation is 2. The van der Waals surface area contributed by atoms with E-state index >= 15 is 0 Å². The van der Waals surface area contributed by atoms with Crippen LogP contribution < -0.4 is 0 Å². The first-order chi connectivity index (χ1) is 18.1. The van der Waals surface area contributed by atoms with E-state index in [9.17, 15) is 4.79 Å². The molecule has 7 heteroatoms. The number of carbonyl (C=O) groups excluding carboxylic acids is 1. The molecule has 0 N–H and O–H groups in total. The fourth-order valence-corrected chi connectivity index (χ4v) is 4.15. The number of hydrogen-bond donors (Lipinski definition) is 0. The van der Waals surface area contributed by atoms with Gasteiger partial charge in [-0.3, -0.25) is 4.79 Å². The van der Waals surface area contributed by atoms with Crippen molar-refractivity contribution in [2.24, 2.45) is 0 Å². The van der Waals surface area contributed by atoms with Gasteiger partial charge in [0.25, 0.3) is 0 Å². The number of benzene rings is 3. The molecule has 0 aliphatic rings. The molecular weight excluding hydrogens is 466 g/mol. The molecule has 5 rings (SSSR count). The van der Waals surface area contributed by atoms with Gasteiger partial charge in [0.15, 0.2) is 5.76 Å². The molecule has 2 heterocycles. The molecule has 5 aromatic rings. The molecule has 0 aliphatic carbocycles. The van der Waals surface area contributed by atoms with E-state index in [0.29, 0.717) is 43.4 Å². The van der Waals surface area contributed by atoms with E-state index in [-0.39, 0.29) is 5.97 Å². The van der Waals surface area contributed by atoms with Gasteiger partial charge in [0.05, 0.1) is 18.7 Å². The maximum Gasteiger partial charge on any atom is 0.306 e. The highest BCUT2D eigenvalue weighted by Gasteiger charge is 2.19. The molecule has 0 fully saturated rings. The van der Waals surface area contributed by atoms with Crippen LogP contribution in [0.4, 0.5) is 0 Å². The number of rotatable bonds is 9. The third-order valence-corrected chi connectivity index (χ3v) is 6.16. The Hall–Kier alpha value is -4.52. The second-order valence-electron chi connectivity index (χ2n) is 8.70. The van der Waals surface area contributed by atoms with Crippen LogP contribution in [0.15, 0.2) is 87.8 Å². The highest BCUT2D eigenvalue weighted by molar-refractivity contribution is 5.71. The molecule has 3 aromatic carbocycles. The van der Waals surface area contributed by atoms with E-state index in [1.165, 1.54) is 0 Å². The Bertz CT molecular complexity index is 1470. The first-order valence-corrected chi connectivity index (χ1v) is 12.3. The van der Waals surface area contributed by atoms with Crippen LogP contribution in [0.5, 0.6) is 0 Å². The summed E-state index contributed by atoms with van der Waals surface area (Å²) in [5, 5.41) is 12.6. The van der Waals surface area contributed by atoms with E-state index in [4.69, 9.17) is 13.7 Å². The topological polar surface area (TPSA) is 91.2 Å². The van der Waals surface area contributed by atoms with Gasteiger partial charge in [-0.2, -0.15) is 0 Å². The zero-order valence-corrected chi connectivity index (χ0v) is 20.8. The molecule has 7 nitrogen and oxygen atoms in total. The lowest BCUT2D eigenvalue weighted by molar-refractivity contribution is -0.143. The lowest BCUT2D eigenvalue weighted by atomic mass is 9.99. The van der Waals surface area contributed by atoms with Crippen molar-refractivity contribution in [3.05, 3.63) is 102 Å². The third kappa shape index (κ3) is 5.67. The average Bonchev–Trinajstić information content (AvgIpc) is 3.56. The molecular formula is C30H27N3O4. The SMILES string of the molecule is CCOC(=O)CCc1ccc(-c2ccc(-c3onc(C)c3Cc3nnc(-c4ccccc4)o3)cc2)cc1. The summed E-state index contributed by atoms with van der Waals surface area (Å²) in [6.07, 6.45) is 1.48. The lowest BCUT2D eigenvalue weighted by Crippen LogP contribution is -2.05. The van der Waals surface area contributed by atoms with Crippen LogP contribution in [-0.2, 0) is 22.4 Å². The maximum atomic E-state index is 11.6. The summed E-state index contributed by atoms with van der Waals surface area (Å²) < 4.78 is 16.6. The Kier molecular flexibility index (Phi) is 7.21. The second kappa shape index (κ2) is 11.0. The van der Waals surface area contributed by atoms with Crippen molar-refractivity contribution in [3.8, 4) is 33.9 Å². The fraction of sp³-hybridized carbons (Fsp3) is 0.200. The summed E-state index contributed by atoms with van der Waals surface area (Å²) in [5.41, 5.74) is 6.80. The Morgan fingerprint density at radius 3 is 2.22 bits per heavy atom. The van der Waals surface area contributed by atoms with Crippen LogP contribution in [0.1, 0.15) is 36.1 Å². The summed E-state index contributed by atoms with van der Waals surface area (Å²) in [5.74, 6) is 1.52. The minimum Gasteiger partial charge on any atom is -0.466 e. The Labute approximate surface area is 215 Å². The molecule has 0 saturated carbocycles. The molecule has 0 bridgehead atoms. The first kappa shape index (κ1) is 24.2. The van der Waals surface area contributed by atoms with E-state index in [1.54, 1.807) is 0 Å². The molecule has 37 heavy (non-hydrogen) atoms. The van der Waals surface area contributed by atoms with Gasteiger partial charge in [0.1, 0.15) is 0 Å². The number of aromatic nitrogens is 3. The minimum absolute atomic E-state index is 0.167. The summed E-state index contributed by atoms with van der Waals surface area (Å²) in [7, 11) is 0. The zero-order valence-electron chi connectivity index (χ0n) is 20.8. The van der Waals surface area contributed by atoms with Gasteiger partial charge >= 0.3 is 5.97 Å². The van der Waals surface area contributed by atoms with Crippen LogP contribution >= 0.6 is 0 Å². The van der Waals surface area contributed by atoms with E-state index in [2.05, 4.69) is 51.8 Å². The van der Waals surface area contributed by atoms with Crippen molar-refractivity contribution in [2.75, 3.05) is 6.61 Å². The molecule has 0 aliphatic heterocycles. The largest absolute Gasteiger partial charge is 0.466 e. The molecule has 0 radical (unpaired) electrons. The van der Waals surface area contributed by atoms with E-state index in [0.717, 1.165) is 39.1 Å². The van der Waals surface area contributed by atoms with Gasteiger partial charge < -0.3 is 13.7 Å². The van der Waals surface area contributed by atoms with Crippen molar-refractivity contribution in [1.29, 1.82) is 0 Å². The lowest BCUT2D eigenvalue weighted by Gasteiger charge is -2.06. The second-order valence-corrected chi connectivity index (χ2v) is 8.70. The number of hydrogen-bond acceptors (Lipinski definition) is 7. The predicted molar refractivity (Wildman–Crippen MR) is 140 cm³/mol. The van der Waals surface area contributed by atoms with Gasteiger partial charge in [-0.05, 0) is 49.1 Å². The maximum absolute atomic E-state index is 11.6. The van der Waals surface area contributed by atoms with Gasteiger partial charge in [-0.15, -0.1) is 10.2 Å². The highest BCUT2D eigenvalue weighted by atomic mass is 16.5. The van der Waals surface area contributed by atoms with E-state index in [1.807, 2.05) is 56.3 Å². The highest BCUT2D eigenvalue weighted by Crippen LogP contribution is 2.31. The van der Waals surface area contributed by atoms with Crippen molar-refractivity contribution in [2.45, 2.75) is 33.1 Å². The van der Waals surface area contributed by atoms with Crippen LogP contribution in [-0.4, -0.2) is 27.9 Å². The minimum atomic E-state index is -0.167. The average molecular weight is 494 g/mol. The third-order valence-electron chi connectivity index (χ3n) is 6.16. The number of carbonyl (C=O) groups is 1. The summed E-state index contributed by atoms with van der Waals surface area (Å²) in [6.45, 7) is 4.14. The first-order valence-electron chi connectivity index (χ1n) is 12.3. The molecule has 2 aromatic heterocycles. The number of esters is 1. The summed E-state index contributed by atoms with van der Waals surface area (Å²) in [6, 6.07) is 26.1. The van der Waals surface area contributed by atoms with Gasteiger partial charge in [0, 0.05) is 23.1 Å². The summed E-state index contributed by atoms with van der Waals surface area (Å²) >= 11 is 0. The van der Waals surface area contributed by atoms with Gasteiger partial charge in [-0.1, -0.05) is 71.9 Å². The van der Waals surface area contributed by atoms with Crippen molar-refractivity contribution in [3.63, 3.8) is 0 Å². The molecule has 0 amide bonds. The Balaban J connectivity index is 1.29. The Morgan fingerprint density at radius 2 is 1.51 bits per heavy atom. The van der Waals surface area contributed by atoms with E-state index < -0.39 is 0 Å². The zero-order chi connectivity index (χ0) is 25.6. The van der Waals surface area contributed by atoms with Crippen molar-refractivity contribution in [1.82, 2.24) is 15.4 Å². The monoisotopic (exact) mass is 493 g/mol. The van der Waals surface area contributed by atoms with Gasteiger partial charge in [-0.25, -0.2) is 0 Å². The smallest absolute Gasteiger partial charge is 0.306 e. The molecule has 0 unspecified atom stereocenters. The van der Waals surface area contributed by atoms with Crippen LogP contribution in [0.25, 0.3) is 33.9 Å². The van der Waals surface area contributed by atoms with Crippen molar-refractivity contribution >= 4 is 5.97 Å². The molecule has 186 valence electrons. The van der Waals surface area contributed by atoms with Crippen LogP contribution in [0.2, 0.25) is 0 Å². The quantitative estimate of drug-likeness (QED) is 0.218. The molecule has 0 atom stereocenters. The van der Waals surface area contributed by atoms with Crippen LogP contribution in [0.3, 0.4) is 0 Å². The standard InChI is InChI=1S/C30H27N3O4/c1-3-35-28(34)18-11-21-9-12-22(13-10-21)23-14-16-24(17-15-23)29-26(20(2)33-37-29)19-27-31-32-30(36-27)25-7-5-4-6-8-25/h4-10,12-17H,3,11,18-19H2,1-2H3.